The quantitative estimate of drug-likeness (QED) is 0.490. The molecule has 2 saturated heterocycles. The highest BCUT2D eigenvalue weighted by Gasteiger charge is 2.28. The Balaban J connectivity index is 1.43. The van der Waals surface area contributed by atoms with Crippen LogP contribution in [0.5, 0.6) is 0 Å². The fraction of sp³-hybridized carbons (Fsp3) is 0.519. The molecular weight excluding hydrogens is 500 g/mol. The molecule has 2 aliphatic heterocycles. The largest absolute Gasteiger partial charge is 0.449 e. The van der Waals surface area contributed by atoms with Crippen molar-refractivity contribution in [2.24, 2.45) is 5.92 Å². The number of likely N-dealkylation sites (tertiary alicyclic amines) is 1. The number of ether oxygens (including phenoxy) is 2. The van der Waals surface area contributed by atoms with Crippen molar-refractivity contribution >= 4 is 34.7 Å². The number of anilines is 2. The van der Waals surface area contributed by atoms with E-state index in [2.05, 4.69) is 15.5 Å². The molecule has 4 heterocycles. The van der Waals surface area contributed by atoms with E-state index in [1.807, 2.05) is 49.0 Å². The highest BCUT2D eigenvalue weighted by Crippen LogP contribution is 2.32. The molecule has 2 N–H and O–H groups in total. The van der Waals surface area contributed by atoms with Gasteiger partial charge in [-0.1, -0.05) is 13.8 Å². The standard InChI is InChI=1S/C27H36N8O4/c1-18(2)17-39-27(37)34-10-8-21(9-11-34)35-25-22(16-29-35)24(33-12-14-38-15-13-33)31-23(32-25)19-4-6-20(7-5-19)30-26(36)28-3/h4-7,16,18,21H,8-15,17H2,1-3H3,(H2,28,30,36). The molecule has 3 aromatic rings. The van der Waals surface area contributed by atoms with E-state index in [1.165, 1.54) is 0 Å². The van der Waals surface area contributed by atoms with Crippen molar-refractivity contribution in [2.45, 2.75) is 32.7 Å². The molecule has 0 radical (unpaired) electrons. The lowest BCUT2D eigenvalue weighted by Gasteiger charge is -2.32. The van der Waals surface area contributed by atoms with E-state index in [-0.39, 0.29) is 18.2 Å². The number of carbonyl (C=O) groups is 2. The Morgan fingerprint density at radius 1 is 1.08 bits per heavy atom. The Hall–Kier alpha value is -3.93. The van der Waals surface area contributed by atoms with Crippen LogP contribution in [0.3, 0.4) is 0 Å². The average molecular weight is 537 g/mol. The molecule has 12 nitrogen and oxygen atoms in total. The summed E-state index contributed by atoms with van der Waals surface area (Å²) < 4.78 is 13.0. The van der Waals surface area contributed by atoms with E-state index in [0.717, 1.165) is 48.3 Å². The number of urea groups is 1. The summed E-state index contributed by atoms with van der Waals surface area (Å²) in [5.74, 6) is 1.73. The Bertz CT molecular complexity index is 1300. The van der Waals surface area contributed by atoms with Gasteiger partial charge in [0.05, 0.1) is 37.4 Å². The van der Waals surface area contributed by atoms with E-state index in [0.29, 0.717) is 50.3 Å². The third kappa shape index (κ3) is 6.06. The van der Waals surface area contributed by atoms with Gasteiger partial charge in [-0.3, -0.25) is 0 Å². The maximum absolute atomic E-state index is 12.4. The van der Waals surface area contributed by atoms with Crippen molar-refractivity contribution in [3.63, 3.8) is 0 Å². The minimum absolute atomic E-state index is 0.107. The van der Waals surface area contributed by atoms with Gasteiger partial charge in [0.2, 0.25) is 0 Å². The van der Waals surface area contributed by atoms with Gasteiger partial charge in [-0.2, -0.15) is 5.10 Å². The summed E-state index contributed by atoms with van der Waals surface area (Å²) in [5.41, 5.74) is 2.29. The first kappa shape index (κ1) is 26.7. The van der Waals surface area contributed by atoms with Crippen LogP contribution in [0, 0.1) is 5.92 Å². The van der Waals surface area contributed by atoms with Crippen LogP contribution in [0.1, 0.15) is 32.7 Å². The Morgan fingerprint density at radius 3 is 2.46 bits per heavy atom. The van der Waals surface area contributed by atoms with Crippen molar-refractivity contribution in [3.8, 4) is 11.4 Å². The molecule has 2 aliphatic rings. The zero-order valence-electron chi connectivity index (χ0n) is 22.7. The molecule has 0 atom stereocenters. The average Bonchev–Trinajstić information content (AvgIpc) is 3.40. The van der Waals surface area contributed by atoms with Gasteiger partial charge in [0.15, 0.2) is 11.5 Å². The van der Waals surface area contributed by atoms with Crippen LogP contribution in [0.25, 0.3) is 22.4 Å². The van der Waals surface area contributed by atoms with Crippen molar-refractivity contribution in [1.29, 1.82) is 0 Å². The molecule has 39 heavy (non-hydrogen) atoms. The molecule has 208 valence electrons. The number of morpholine rings is 1. The first-order valence-electron chi connectivity index (χ1n) is 13.5. The van der Waals surface area contributed by atoms with Gasteiger partial charge in [0, 0.05) is 44.5 Å². The van der Waals surface area contributed by atoms with Crippen LogP contribution in [-0.2, 0) is 9.47 Å². The zero-order chi connectivity index (χ0) is 27.4. The van der Waals surface area contributed by atoms with Crippen molar-refractivity contribution in [3.05, 3.63) is 30.5 Å². The molecule has 5 rings (SSSR count). The number of aromatic nitrogens is 4. The molecule has 0 saturated carbocycles. The molecular formula is C27H36N8O4. The van der Waals surface area contributed by atoms with Gasteiger partial charge in [0.25, 0.3) is 0 Å². The molecule has 0 aliphatic carbocycles. The summed E-state index contributed by atoms with van der Waals surface area (Å²) >= 11 is 0. The van der Waals surface area contributed by atoms with Crippen LogP contribution in [0.4, 0.5) is 21.1 Å². The van der Waals surface area contributed by atoms with E-state index >= 15 is 0 Å². The third-order valence-electron chi connectivity index (χ3n) is 6.98. The first-order valence-corrected chi connectivity index (χ1v) is 13.5. The molecule has 0 spiro atoms. The molecule has 1 aromatic carbocycles. The Kier molecular flexibility index (Phi) is 8.10. The summed E-state index contributed by atoms with van der Waals surface area (Å²) in [6.07, 6.45) is 3.13. The maximum atomic E-state index is 12.4. The van der Waals surface area contributed by atoms with Crippen LogP contribution < -0.4 is 15.5 Å². The third-order valence-corrected chi connectivity index (χ3v) is 6.98. The predicted molar refractivity (Wildman–Crippen MR) is 148 cm³/mol. The molecule has 0 unspecified atom stereocenters. The van der Waals surface area contributed by atoms with Gasteiger partial charge in [-0.05, 0) is 43.0 Å². The molecule has 2 aromatic heterocycles. The lowest BCUT2D eigenvalue weighted by Crippen LogP contribution is -2.40. The summed E-state index contributed by atoms with van der Waals surface area (Å²) in [6.45, 7) is 8.45. The number of amides is 3. The molecule has 3 amide bonds. The van der Waals surface area contributed by atoms with Crippen LogP contribution >= 0.6 is 0 Å². The minimum Gasteiger partial charge on any atom is -0.449 e. The fourth-order valence-electron chi connectivity index (χ4n) is 4.84. The monoisotopic (exact) mass is 536 g/mol. The number of nitrogens with one attached hydrogen (secondary N) is 2. The Labute approximate surface area is 227 Å². The second kappa shape index (κ2) is 11.9. The van der Waals surface area contributed by atoms with Gasteiger partial charge >= 0.3 is 12.1 Å². The summed E-state index contributed by atoms with van der Waals surface area (Å²) in [5, 5.41) is 11.0. The summed E-state index contributed by atoms with van der Waals surface area (Å²) in [7, 11) is 1.57. The van der Waals surface area contributed by atoms with Gasteiger partial charge in [-0.15, -0.1) is 0 Å². The summed E-state index contributed by atoms with van der Waals surface area (Å²) in [4.78, 5) is 38.1. The van der Waals surface area contributed by atoms with Crippen molar-refractivity contribution in [2.75, 3.05) is 63.3 Å². The van der Waals surface area contributed by atoms with Gasteiger partial charge in [0.1, 0.15) is 5.82 Å². The maximum Gasteiger partial charge on any atom is 0.409 e. The number of piperidine rings is 1. The highest BCUT2D eigenvalue weighted by atomic mass is 16.6. The zero-order valence-corrected chi connectivity index (χ0v) is 22.7. The van der Waals surface area contributed by atoms with Crippen LogP contribution in [-0.4, -0.2) is 89.8 Å². The number of nitrogens with zero attached hydrogens (tertiary/aromatic N) is 6. The number of benzene rings is 1. The number of hydrogen-bond acceptors (Lipinski definition) is 8. The van der Waals surface area contributed by atoms with Crippen molar-refractivity contribution in [1.82, 2.24) is 30.0 Å². The normalized spacial score (nSPS) is 16.5. The van der Waals surface area contributed by atoms with Crippen molar-refractivity contribution < 1.29 is 19.1 Å². The SMILES string of the molecule is CNC(=O)Nc1ccc(-c2nc(N3CCOCC3)c3cnn(C4CCN(C(=O)OCC(C)C)CC4)c3n2)cc1. The van der Waals surface area contributed by atoms with Gasteiger partial charge in [-0.25, -0.2) is 24.2 Å². The van der Waals surface area contributed by atoms with Crippen LogP contribution in [0.15, 0.2) is 30.5 Å². The highest BCUT2D eigenvalue weighted by molar-refractivity contribution is 5.90. The first-order chi connectivity index (χ1) is 18.9. The van der Waals surface area contributed by atoms with E-state index in [9.17, 15) is 9.59 Å². The molecule has 2 fully saturated rings. The second-order valence-corrected chi connectivity index (χ2v) is 10.3. The topological polar surface area (TPSA) is 127 Å². The van der Waals surface area contributed by atoms with E-state index in [1.54, 1.807) is 11.9 Å². The number of fused-ring (bicyclic) bond motifs is 1. The van der Waals surface area contributed by atoms with Gasteiger partial charge < -0.3 is 29.9 Å². The second-order valence-electron chi connectivity index (χ2n) is 10.3. The lowest BCUT2D eigenvalue weighted by atomic mass is 10.1. The predicted octanol–water partition coefficient (Wildman–Crippen LogP) is 3.51. The summed E-state index contributed by atoms with van der Waals surface area (Å²) in [6, 6.07) is 7.29. The van der Waals surface area contributed by atoms with E-state index < -0.39 is 0 Å². The van der Waals surface area contributed by atoms with Crippen LogP contribution in [0.2, 0.25) is 0 Å². The number of rotatable bonds is 6. The fourth-order valence-corrected chi connectivity index (χ4v) is 4.84. The molecule has 12 heteroatoms. The smallest absolute Gasteiger partial charge is 0.409 e. The Morgan fingerprint density at radius 2 is 1.79 bits per heavy atom. The molecule has 0 bridgehead atoms. The number of carbonyl (C=O) groups excluding carboxylic acids is 2. The minimum atomic E-state index is -0.279. The lowest BCUT2D eigenvalue weighted by molar-refractivity contribution is 0.0792. The van der Waals surface area contributed by atoms with E-state index in [4.69, 9.17) is 24.5 Å². The number of hydrogen-bond donors (Lipinski definition) is 2.